The summed E-state index contributed by atoms with van der Waals surface area (Å²) in [5, 5.41) is 7.26. The van der Waals surface area contributed by atoms with E-state index in [4.69, 9.17) is 4.74 Å². The second-order valence-corrected chi connectivity index (χ2v) is 6.80. The number of aliphatic imine (C=N–C) groups is 1. The van der Waals surface area contributed by atoms with E-state index in [9.17, 15) is 0 Å². The Hall–Kier alpha value is -0.0400. The fourth-order valence-corrected chi connectivity index (χ4v) is 4.64. The van der Waals surface area contributed by atoms with Gasteiger partial charge in [-0.1, -0.05) is 12.8 Å². The van der Waals surface area contributed by atoms with Crippen LogP contribution in [-0.4, -0.2) is 37.8 Å². The monoisotopic (exact) mass is 391 g/mol. The molecule has 1 aliphatic heterocycles. The van der Waals surface area contributed by atoms with Crippen LogP contribution in [0.3, 0.4) is 0 Å². The van der Waals surface area contributed by atoms with Gasteiger partial charge in [0.2, 0.25) is 0 Å². The minimum Gasteiger partial charge on any atom is -0.377 e. The molecule has 0 radical (unpaired) electrons. The predicted molar refractivity (Wildman–Crippen MR) is 90.6 cm³/mol. The molecule has 4 fully saturated rings. The molecule has 0 aromatic heterocycles. The number of nitrogens with one attached hydrogen (secondary N) is 2. The second kappa shape index (κ2) is 5.63. The third-order valence-corrected chi connectivity index (χ3v) is 5.72. The number of halogens is 1. The third-order valence-electron chi connectivity index (χ3n) is 5.72. The first kappa shape index (κ1) is 14.9. The Morgan fingerprint density at radius 2 is 1.90 bits per heavy atom. The van der Waals surface area contributed by atoms with Gasteiger partial charge >= 0.3 is 0 Å². The number of hydrogen-bond acceptors (Lipinski definition) is 2. The van der Waals surface area contributed by atoms with Gasteiger partial charge in [0.1, 0.15) is 0 Å². The summed E-state index contributed by atoms with van der Waals surface area (Å²) < 4.78 is 6.03. The maximum Gasteiger partial charge on any atom is 0.191 e. The molecule has 0 aromatic rings. The van der Waals surface area contributed by atoms with E-state index >= 15 is 0 Å². The second-order valence-electron chi connectivity index (χ2n) is 6.80. The van der Waals surface area contributed by atoms with Crippen LogP contribution in [0.25, 0.3) is 0 Å². The van der Waals surface area contributed by atoms with Crippen molar-refractivity contribution in [1.82, 2.24) is 10.6 Å². The first-order valence-electron chi connectivity index (χ1n) is 7.95. The summed E-state index contributed by atoms with van der Waals surface area (Å²) in [5.74, 6) is 1.74. The van der Waals surface area contributed by atoms with Crippen LogP contribution < -0.4 is 10.6 Å². The molecule has 4 rings (SSSR count). The molecule has 1 spiro atoms. The SMILES string of the molecule is CN=C(NC1CC1)NC1C2CCOC2C12CCCC2.I. The summed E-state index contributed by atoms with van der Waals surface area (Å²) in [6, 6.07) is 1.26. The van der Waals surface area contributed by atoms with Crippen LogP contribution in [0.15, 0.2) is 4.99 Å². The van der Waals surface area contributed by atoms with Crippen LogP contribution >= 0.6 is 24.0 Å². The number of nitrogens with zero attached hydrogens (tertiary/aromatic N) is 1. The molecule has 3 unspecified atom stereocenters. The van der Waals surface area contributed by atoms with Gasteiger partial charge in [-0.15, -0.1) is 24.0 Å². The summed E-state index contributed by atoms with van der Waals surface area (Å²) in [7, 11) is 1.89. The average Bonchev–Trinajstić information content (AvgIpc) is 2.95. The molecule has 2 N–H and O–H groups in total. The van der Waals surface area contributed by atoms with Gasteiger partial charge in [-0.05, 0) is 32.1 Å². The molecule has 5 heteroatoms. The van der Waals surface area contributed by atoms with Gasteiger partial charge in [0.15, 0.2) is 5.96 Å². The zero-order valence-electron chi connectivity index (χ0n) is 12.2. The Morgan fingerprint density at radius 1 is 1.15 bits per heavy atom. The van der Waals surface area contributed by atoms with Gasteiger partial charge in [0.05, 0.1) is 6.10 Å². The van der Waals surface area contributed by atoms with Crippen molar-refractivity contribution in [3.05, 3.63) is 0 Å². The highest BCUT2D eigenvalue weighted by molar-refractivity contribution is 14.0. The topological polar surface area (TPSA) is 45.7 Å². The summed E-state index contributed by atoms with van der Waals surface area (Å²) in [5.41, 5.74) is 0.419. The lowest BCUT2D eigenvalue weighted by molar-refractivity contribution is -0.125. The van der Waals surface area contributed by atoms with Crippen molar-refractivity contribution in [3.63, 3.8) is 0 Å². The number of guanidine groups is 1. The Bertz CT molecular complexity index is 391. The van der Waals surface area contributed by atoms with E-state index in [-0.39, 0.29) is 24.0 Å². The maximum atomic E-state index is 6.03. The zero-order chi connectivity index (χ0) is 12.9. The molecular weight excluding hydrogens is 365 g/mol. The van der Waals surface area contributed by atoms with E-state index in [2.05, 4.69) is 15.6 Å². The Balaban J connectivity index is 0.00000121. The Morgan fingerprint density at radius 3 is 2.55 bits per heavy atom. The number of hydrogen-bond donors (Lipinski definition) is 2. The Labute approximate surface area is 138 Å². The minimum absolute atomic E-state index is 0. The molecule has 1 heterocycles. The normalized spacial score (nSPS) is 38.0. The summed E-state index contributed by atoms with van der Waals surface area (Å²) >= 11 is 0. The van der Waals surface area contributed by atoms with E-state index < -0.39 is 0 Å². The van der Waals surface area contributed by atoms with E-state index in [1.807, 2.05) is 7.05 Å². The van der Waals surface area contributed by atoms with Crippen molar-refractivity contribution < 1.29 is 4.74 Å². The molecule has 3 aliphatic carbocycles. The van der Waals surface area contributed by atoms with E-state index in [0.717, 1.165) is 18.5 Å². The van der Waals surface area contributed by atoms with Gasteiger partial charge in [0, 0.05) is 37.1 Å². The first-order valence-corrected chi connectivity index (χ1v) is 7.95. The number of rotatable bonds is 2. The van der Waals surface area contributed by atoms with Crippen LogP contribution in [0.2, 0.25) is 0 Å². The van der Waals surface area contributed by atoms with E-state index in [0.29, 0.717) is 23.6 Å². The van der Waals surface area contributed by atoms with Gasteiger partial charge in [-0.2, -0.15) is 0 Å². The van der Waals surface area contributed by atoms with Crippen LogP contribution in [0.5, 0.6) is 0 Å². The van der Waals surface area contributed by atoms with Crippen molar-refractivity contribution in [2.24, 2.45) is 16.3 Å². The van der Waals surface area contributed by atoms with Crippen LogP contribution in [0, 0.1) is 11.3 Å². The molecule has 0 amide bonds. The predicted octanol–water partition coefficient (Wildman–Crippen LogP) is 2.28. The fraction of sp³-hybridized carbons (Fsp3) is 0.933. The smallest absolute Gasteiger partial charge is 0.191 e. The molecule has 1 saturated heterocycles. The van der Waals surface area contributed by atoms with Crippen molar-refractivity contribution >= 4 is 29.9 Å². The first-order chi connectivity index (χ1) is 9.33. The highest BCUT2D eigenvalue weighted by Gasteiger charge is 2.65. The molecule has 0 aromatic carbocycles. The zero-order valence-corrected chi connectivity index (χ0v) is 14.6. The van der Waals surface area contributed by atoms with E-state index in [1.165, 1.54) is 44.9 Å². The van der Waals surface area contributed by atoms with Gasteiger partial charge in [0.25, 0.3) is 0 Å². The molecule has 3 saturated carbocycles. The number of fused-ring (bicyclic) bond motifs is 2. The van der Waals surface area contributed by atoms with Gasteiger partial charge in [-0.3, -0.25) is 4.99 Å². The Kier molecular flexibility index (Phi) is 4.19. The molecule has 3 atom stereocenters. The standard InChI is InChI=1S/C15H25N3O.HI/c1-16-14(17-10-4-5-10)18-12-11-6-9-19-13(11)15(12)7-2-3-8-15;/h10-13H,2-9H2,1H3,(H2,16,17,18);1H. The van der Waals surface area contributed by atoms with Gasteiger partial charge in [-0.25, -0.2) is 0 Å². The van der Waals surface area contributed by atoms with Crippen molar-refractivity contribution in [1.29, 1.82) is 0 Å². The summed E-state index contributed by atoms with van der Waals surface area (Å²) in [6.07, 6.45) is 9.78. The van der Waals surface area contributed by atoms with Crippen LogP contribution in [0.4, 0.5) is 0 Å². The van der Waals surface area contributed by atoms with Crippen LogP contribution in [-0.2, 0) is 4.74 Å². The van der Waals surface area contributed by atoms with E-state index in [1.54, 1.807) is 0 Å². The minimum atomic E-state index is 0. The fourth-order valence-electron chi connectivity index (χ4n) is 4.64. The quantitative estimate of drug-likeness (QED) is 0.431. The molecule has 4 aliphatic rings. The van der Waals surface area contributed by atoms with Crippen LogP contribution in [0.1, 0.15) is 44.9 Å². The number of ether oxygens (including phenoxy) is 1. The highest BCUT2D eigenvalue weighted by Crippen LogP contribution is 2.60. The largest absolute Gasteiger partial charge is 0.377 e. The highest BCUT2D eigenvalue weighted by atomic mass is 127. The van der Waals surface area contributed by atoms with Gasteiger partial charge < -0.3 is 15.4 Å². The molecule has 114 valence electrons. The van der Waals surface area contributed by atoms with Crippen molar-refractivity contribution in [3.8, 4) is 0 Å². The average molecular weight is 391 g/mol. The third kappa shape index (κ3) is 2.25. The van der Waals surface area contributed by atoms with Crippen molar-refractivity contribution in [2.45, 2.75) is 63.1 Å². The summed E-state index contributed by atoms with van der Waals surface area (Å²) in [4.78, 5) is 4.41. The summed E-state index contributed by atoms with van der Waals surface area (Å²) in [6.45, 7) is 0.962. The molecule has 0 bridgehead atoms. The van der Waals surface area contributed by atoms with Crippen molar-refractivity contribution in [2.75, 3.05) is 13.7 Å². The molecular formula is C15H26IN3O. The lowest BCUT2D eigenvalue weighted by Crippen LogP contribution is -2.69. The lowest BCUT2D eigenvalue weighted by Gasteiger charge is -2.57. The molecule has 20 heavy (non-hydrogen) atoms. The lowest BCUT2D eigenvalue weighted by atomic mass is 9.54. The maximum absolute atomic E-state index is 6.03. The molecule has 4 nitrogen and oxygen atoms in total.